The van der Waals surface area contributed by atoms with Crippen LogP contribution in [0.5, 0.6) is 5.75 Å². The van der Waals surface area contributed by atoms with Gasteiger partial charge in [0, 0.05) is 25.4 Å². The minimum Gasteiger partial charge on any atom is -0.487 e. The van der Waals surface area contributed by atoms with Gasteiger partial charge in [-0.05, 0) is 19.1 Å². The first-order valence-corrected chi connectivity index (χ1v) is 6.67. The molecule has 0 fully saturated rings. The zero-order valence-electron chi connectivity index (χ0n) is 11.9. The molecule has 6 nitrogen and oxygen atoms in total. The fraction of sp³-hybridized carbons (Fsp3) is 0.500. The van der Waals surface area contributed by atoms with Crippen molar-refractivity contribution in [2.24, 2.45) is 0 Å². The molecule has 0 radical (unpaired) electrons. The molecule has 3 N–H and O–H groups in total. The Morgan fingerprint density at radius 2 is 2.40 bits per heavy atom. The maximum atomic E-state index is 11.9. The molecule has 20 heavy (non-hydrogen) atoms. The van der Waals surface area contributed by atoms with Crippen LogP contribution in [0.3, 0.4) is 0 Å². The topological polar surface area (TPSA) is 76.8 Å². The maximum Gasteiger partial charge on any atom is 0.239 e. The molecule has 1 unspecified atom stereocenters. The van der Waals surface area contributed by atoms with E-state index in [4.69, 9.17) is 15.2 Å². The summed E-state index contributed by atoms with van der Waals surface area (Å²) < 4.78 is 10.7. The van der Waals surface area contributed by atoms with Gasteiger partial charge in [0.2, 0.25) is 5.91 Å². The van der Waals surface area contributed by atoms with Crippen LogP contribution in [0.1, 0.15) is 6.92 Å². The predicted octanol–water partition coefficient (Wildman–Crippen LogP) is 0.619. The van der Waals surface area contributed by atoms with Crippen LogP contribution in [0.15, 0.2) is 18.2 Å². The lowest BCUT2D eigenvalue weighted by Crippen LogP contribution is -2.44. The number of hydrogen-bond donors (Lipinski definition) is 2. The number of nitrogens with two attached hydrogens (primary N) is 1. The molecule has 0 spiro atoms. The molecule has 1 aliphatic heterocycles. The second-order valence-electron chi connectivity index (χ2n) is 4.88. The van der Waals surface area contributed by atoms with Crippen LogP contribution in [-0.4, -0.2) is 45.4 Å². The van der Waals surface area contributed by atoms with Gasteiger partial charge in [-0.25, -0.2) is 0 Å². The van der Waals surface area contributed by atoms with E-state index in [0.717, 1.165) is 11.4 Å². The van der Waals surface area contributed by atoms with Crippen molar-refractivity contribution >= 4 is 17.3 Å². The lowest BCUT2D eigenvalue weighted by Gasteiger charge is -2.34. The third-order valence-electron chi connectivity index (χ3n) is 3.09. The molecule has 0 saturated heterocycles. The van der Waals surface area contributed by atoms with E-state index in [2.05, 4.69) is 5.32 Å². The number of nitrogens with one attached hydrogen (secondary N) is 1. The summed E-state index contributed by atoms with van der Waals surface area (Å²) in [6.45, 7) is 3.98. The molecule has 110 valence electrons. The monoisotopic (exact) mass is 279 g/mol. The smallest absolute Gasteiger partial charge is 0.239 e. The van der Waals surface area contributed by atoms with Crippen LogP contribution in [-0.2, 0) is 9.53 Å². The molecule has 1 aliphatic rings. The highest BCUT2D eigenvalue weighted by Gasteiger charge is 2.24. The van der Waals surface area contributed by atoms with E-state index in [1.807, 2.05) is 24.0 Å². The first-order chi connectivity index (χ1) is 9.60. The molecular weight excluding hydrogens is 258 g/mol. The van der Waals surface area contributed by atoms with Gasteiger partial charge in [0.1, 0.15) is 11.9 Å². The van der Waals surface area contributed by atoms with Crippen molar-refractivity contribution in [3.63, 3.8) is 0 Å². The first-order valence-electron chi connectivity index (χ1n) is 6.67. The van der Waals surface area contributed by atoms with Gasteiger partial charge >= 0.3 is 0 Å². The summed E-state index contributed by atoms with van der Waals surface area (Å²) in [5.41, 5.74) is 7.32. The molecule has 2 rings (SSSR count). The standard InChI is InChI=1S/C14H21N3O3/c1-10-8-17(9-14(18)16-5-6-19-2)12-4-3-11(15)7-13(12)20-10/h3-4,7,10H,5-6,8-9,15H2,1-2H3,(H,16,18). The van der Waals surface area contributed by atoms with Gasteiger partial charge in [0.25, 0.3) is 0 Å². The van der Waals surface area contributed by atoms with Crippen molar-refractivity contribution in [3.8, 4) is 5.75 Å². The zero-order chi connectivity index (χ0) is 14.5. The average molecular weight is 279 g/mol. The molecule has 0 aromatic heterocycles. The lowest BCUT2D eigenvalue weighted by molar-refractivity contribution is -0.120. The number of anilines is 2. The summed E-state index contributed by atoms with van der Waals surface area (Å²) in [4.78, 5) is 13.9. The Balaban J connectivity index is 2.03. The Labute approximate surface area is 118 Å². The van der Waals surface area contributed by atoms with Gasteiger partial charge in [-0.2, -0.15) is 0 Å². The van der Waals surface area contributed by atoms with Crippen molar-refractivity contribution in [1.29, 1.82) is 0 Å². The minimum absolute atomic E-state index is 0.0241. The van der Waals surface area contributed by atoms with Crippen LogP contribution in [0.25, 0.3) is 0 Å². The highest BCUT2D eigenvalue weighted by atomic mass is 16.5. The first kappa shape index (κ1) is 14.5. The van der Waals surface area contributed by atoms with Gasteiger partial charge < -0.3 is 25.4 Å². The molecule has 1 heterocycles. The second-order valence-corrected chi connectivity index (χ2v) is 4.88. The van der Waals surface area contributed by atoms with Crippen LogP contribution < -0.4 is 20.7 Å². The number of benzene rings is 1. The SMILES string of the molecule is COCCNC(=O)CN1CC(C)Oc2cc(N)ccc21. The predicted molar refractivity (Wildman–Crippen MR) is 78.0 cm³/mol. The van der Waals surface area contributed by atoms with E-state index < -0.39 is 0 Å². The third kappa shape index (κ3) is 3.54. The molecule has 0 aliphatic carbocycles. The summed E-state index contributed by atoms with van der Waals surface area (Å²) >= 11 is 0. The Kier molecular flexibility index (Phi) is 4.68. The number of amides is 1. The highest BCUT2D eigenvalue weighted by molar-refractivity contribution is 5.82. The molecule has 1 aromatic carbocycles. The van der Waals surface area contributed by atoms with Crippen molar-refractivity contribution in [2.75, 3.05) is 44.0 Å². The molecule has 1 aromatic rings. The fourth-order valence-corrected chi connectivity index (χ4v) is 2.22. The average Bonchev–Trinajstić information content (AvgIpc) is 2.38. The molecule has 0 saturated carbocycles. The minimum atomic E-state index is -0.0288. The molecule has 1 amide bonds. The number of nitrogens with zero attached hydrogens (tertiary/aromatic N) is 1. The number of hydrogen-bond acceptors (Lipinski definition) is 5. The number of carbonyl (C=O) groups is 1. The fourth-order valence-electron chi connectivity index (χ4n) is 2.22. The summed E-state index contributed by atoms with van der Waals surface area (Å²) in [6.07, 6.45) is 0.0241. The Morgan fingerprint density at radius 1 is 1.60 bits per heavy atom. The summed E-state index contributed by atoms with van der Waals surface area (Å²) in [6, 6.07) is 5.49. The van der Waals surface area contributed by atoms with E-state index in [1.54, 1.807) is 13.2 Å². The van der Waals surface area contributed by atoms with Crippen molar-refractivity contribution < 1.29 is 14.3 Å². The highest BCUT2D eigenvalue weighted by Crippen LogP contribution is 2.34. The van der Waals surface area contributed by atoms with Crippen LogP contribution in [0, 0.1) is 0 Å². The van der Waals surface area contributed by atoms with Gasteiger partial charge in [-0.3, -0.25) is 4.79 Å². The van der Waals surface area contributed by atoms with Crippen LogP contribution >= 0.6 is 0 Å². The Bertz CT molecular complexity index is 479. The third-order valence-corrected chi connectivity index (χ3v) is 3.09. The van der Waals surface area contributed by atoms with Crippen LogP contribution in [0.4, 0.5) is 11.4 Å². The van der Waals surface area contributed by atoms with Gasteiger partial charge in [-0.1, -0.05) is 0 Å². The Hall–Kier alpha value is -1.95. The van der Waals surface area contributed by atoms with Gasteiger partial charge in [0.05, 0.1) is 25.4 Å². The number of methoxy groups -OCH3 is 1. The van der Waals surface area contributed by atoms with E-state index in [0.29, 0.717) is 31.9 Å². The Morgan fingerprint density at radius 3 is 3.15 bits per heavy atom. The summed E-state index contributed by atoms with van der Waals surface area (Å²) in [5, 5.41) is 2.82. The summed E-state index contributed by atoms with van der Waals surface area (Å²) in [7, 11) is 1.61. The van der Waals surface area contributed by atoms with E-state index in [-0.39, 0.29) is 12.0 Å². The molecular formula is C14H21N3O3. The number of nitrogen functional groups attached to an aromatic ring is 1. The van der Waals surface area contributed by atoms with Gasteiger partial charge in [-0.15, -0.1) is 0 Å². The second kappa shape index (κ2) is 6.47. The van der Waals surface area contributed by atoms with Crippen LogP contribution in [0.2, 0.25) is 0 Å². The van der Waals surface area contributed by atoms with E-state index >= 15 is 0 Å². The number of fused-ring (bicyclic) bond motifs is 1. The number of ether oxygens (including phenoxy) is 2. The molecule has 6 heteroatoms. The molecule has 0 bridgehead atoms. The molecule has 1 atom stereocenters. The largest absolute Gasteiger partial charge is 0.487 e. The van der Waals surface area contributed by atoms with Crippen molar-refractivity contribution in [2.45, 2.75) is 13.0 Å². The van der Waals surface area contributed by atoms with E-state index in [9.17, 15) is 4.79 Å². The number of carbonyl (C=O) groups excluding carboxylic acids is 1. The maximum absolute atomic E-state index is 11.9. The number of rotatable bonds is 5. The summed E-state index contributed by atoms with van der Waals surface area (Å²) in [5.74, 6) is 0.701. The van der Waals surface area contributed by atoms with E-state index in [1.165, 1.54) is 0 Å². The van der Waals surface area contributed by atoms with Crippen molar-refractivity contribution in [1.82, 2.24) is 5.32 Å². The lowest BCUT2D eigenvalue weighted by atomic mass is 10.2. The zero-order valence-corrected chi connectivity index (χ0v) is 11.9. The quantitative estimate of drug-likeness (QED) is 0.610. The normalized spacial score (nSPS) is 17.3. The van der Waals surface area contributed by atoms with Crippen molar-refractivity contribution in [3.05, 3.63) is 18.2 Å². The van der Waals surface area contributed by atoms with Gasteiger partial charge in [0.15, 0.2) is 0 Å².